The van der Waals surface area contributed by atoms with Crippen LogP contribution in [0.4, 0.5) is 5.69 Å². The summed E-state index contributed by atoms with van der Waals surface area (Å²) in [6.45, 7) is 1.71. The van der Waals surface area contributed by atoms with Gasteiger partial charge in [0.05, 0.1) is 38.9 Å². The number of allylic oxidation sites excluding steroid dienone is 1. The Morgan fingerprint density at radius 2 is 1.97 bits per heavy atom. The molecule has 3 heterocycles. The largest absolute Gasteiger partial charge is 0.466 e. The third-order valence-corrected chi connectivity index (χ3v) is 7.18. The Bertz CT molecular complexity index is 1770. The molecule has 0 fully saturated rings. The molecule has 5 rings (SSSR count). The number of ether oxygens (including phenoxy) is 1. The Hall–Kier alpha value is -4.28. The molecule has 1 aliphatic heterocycles. The van der Waals surface area contributed by atoms with Gasteiger partial charge in [-0.15, -0.1) is 0 Å². The summed E-state index contributed by atoms with van der Waals surface area (Å²) < 4.78 is 12.7. The fourth-order valence-electron chi connectivity index (χ4n) is 4.16. The summed E-state index contributed by atoms with van der Waals surface area (Å²) in [7, 11) is 1.29. The topological polar surface area (TPSA) is 117 Å². The lowest BCUT2D eigenvalue weighted by Crippen LogP contribution is -2.39. The number of hydrogen-bond acceptors (Lipinski definition) is 8. The van der Waals surface area contributed by atoms with E-state index >= 15 is 0 Å². The SMILES string of the molecule is COC(=O)C1=C(C)N=c2s/c(=C\c3ccc(-c4cc([N+](=O)[O-])ccc4Cl)o3)c(=O)n2[C@H]1c1ccccc1. The molecule has 11 heteroatoms. The van der Waals surface area contributed by atoms with Crippen molar-refractivity contribution in [2.45, 2.75) is 13.0 Å². The molecule has 0 saturated carbocycles. The first-order valence-electron chi connectivity index (χ1n) is 11.0. The zero-order valence-electron chi connectivity index (χ0n) is 19.5. The fourth-order valence-corrected chi connectivity index (χ4v) is 5.40. The summed E-state index contributed by atoms with van der Waals surface area (Å²) in [5.41, 5.74) is 1.38. The number of thiazole rings is 1. The summed E-state index contributed by atoms with van der Waals surface area (Å²) in [6.07, 6.45) is 1.57. The quantitative estimate of drug-likeness (QED) is 0.214. The third kappa shape index (κ3) is 4.41. The van der Waals surface area contributed by atoms with Crippen molar-refractivity contribution >= 4 is 40.7 Å². The van der Waals surface area contributed by atoms with Gasteiger partial charge in [-0.25, -0.2) is 9.79 Å². The summed E-state index contributed by atoms with van der Waals surface area (Å²) in [4.78, 5) is 41.9. The Kier molecular flexibility index (Phi) is 6.36. The van der Waals surface area contributed by atoms with Crippen LogP contribution in [-0.4, -0.2) is 22.6 Å². The number of aromatic nitrogens is 1. The number of nitro groups is 1. The second-order valence-corrected chi connectivity index (χ2v) is 9.52. The van der Waals surface area contributed by atoms with Gasteiger partial charge < -0.3 is 9.15 Å². The van der Waals surface area contributed by atoms with Gasteiger partial charge >= 0.3 is 5.97 Å². The molecule has 0 aliphatic carbocycles. The van der Waals surface area contributed by atoms with E-state index in [0.717, 1.165) is 16.9 Å². The van der Waals surface area contributed by atoms with E-state index < -0.39 is 16.9 Å². The molecule has 0 N–H and O–H groups in total. The van der Waals surface area contributed by atoms with Crippen LogP contribution in [0.3, 0.4) is 0 Å². The highest BCUT2D eigenvalue weighted by Gasteiger charge is 2.33. The molecule has 2 aromatic carbocycles. The Labute approximate surface area is 218 Å². The highest BCUT2D eigenvalue weighted by Crippen LogP contribution is 2.33. The lowest BCUT2D eigenvalue weighted by molar-refractivity contribution is -0.384. The first-order chi connectivity index (χ1) is 17.8. The number of rotatable bonds is 5. The predicted molar refractivity (Wildman–Crippen MR) is 138 cm³/mol. The van der Waals surface area contributed by atoms with Crippen molar-refractivity contribution < 1.29 is 18.9 Å². The molecule has 0 saturated heterocycles. The Balaban J connectivity index is 1.63. The monoisotopic (exact) mass is 535 g/mol. The van der Waals surface area contributed by atoms with Crippen LogP contribution in [0.5, 0.6) is 0 Å². The standard InChI is InChI=1S/C26H18ClN3O6S/c1-14-22(25(32)35-2)23(15-6-4-3-5-7-15)29-24(31)21(37-26(29)28-14)13-17-9-11-20(36-17)18-12-16(30(33)34)8-10-19(18)27/h3-13,23H,1-2H3/b21-13-/t23-/m0/s1. The first-order valence-corrected chi connectivity index (χ1v) is 12.2. The lowest BCUT2D eigenvalue weighted by Gasteiger charge is -2.24. The van der Waals surface area contributed by atoms with E-state index in [2.05, 4.69) is 4.99 Å². The van der Waals surface area contributed by atoms with Gasteiger partial charge in [-0.1, -0.05) is 53.3 Å². The number of esters is 1. The van der Waals surface area contributed by atoms with Crippen LogP contribution in [0, 0.1) is 10.1 Å². The molecule has 0 radical (unpaired) electrons. The van der Waals surface area contributed by atoms with E-state index in [0.29, 0.717) is 37.1 Å². The molecule has 2 aromatic heterocycles. The summed E-state index contributed by atoms with van der Waals surface area (Å²) in [5.74, 6) is 0.107. The van der Waals surface area contributed by atoms with Gasteiger partial charge in [-0.3, -0.25) is 19.5 Å². The van der Waals surface area contributed by atoms with E-state index in [4.69, 9.17) is 20.8 Å². The van der Waals surface area contributed by atoms with E-state index in [1.54, 1.807) is 25.1 Å². The molecule has 0 bridgehead atoms. The maximum atomic E-state index is 13.6. The zero-order chi connectivity index (χ0) is 26.3. The zero-order valence-corrected chi connectivity index (χ0v) is 21.1. The smallest absolute Gasteiger partial charge is 0.338 e. The van der Waals surface area contributed by atoms with Crippen molar-refractivity contribution in [2.75, 3.05) is 7.11 Å². The molecule has 0 unspecified atom stereocenters. The first kappa shape index (κ1) is 24.4. The Morgan fingerprint density at radius 1 is 1.22 bits per heavy atom. The van der Waals surface area contributed by atoms with Crippen LogP contribution in [0.25, 0.3) is 17.4 Å². The maximum Gasteiger partial charge on any atom is 0.338 e. The molecule has 0 amide bonds. The van der Waals surface area contributed by atoms with Gasteiger partial charge in [-0.2, -0.15) is 0 Å². The number of hydrogen-bond donors (Lipinski definition) is 0. The van der Waals surface area contributed by atoms with Crippen molar-refractivity contribution in [1.29, 1.82) is 0 Å². The number of non-ortho nitro benzene ring substituents is 1. The highest BCUT2D eigenvalue weighted by molar-refractivity contribution is 7.07. The van der Waals surface area contributed by atoms with Gasteiger partial charge in [0.2, 0.25) is 0 Å². The molecule has 186 valence electrons. The van der Waals surface area contributed by atoms with E-state index in [-0.39, 0.29) is 16.8 Å². The number of methoxy groups -OCH3 is 1. The summed E-state index contributed by atoms with van der Waals surface area (Å²) in [6, 6.07) is 15.8. The van der Waals surface area contributed by atoms with E-state index in [1.807, 2.05) is 30.3 Å². The predicted octanol–water partition coefficient (Wildman–Crippen LogP) is 4.23. The molecule has 1 atom stereocenters. The Morgan fingerprint density at radius 3 is 2.68 bits per heavy atom. The molecular formula is C26H18ClN3O6S. The minimum Gasteiger partial charge on any atom is -0.466 e. The van der Waals surface area contributed by atoms with Crippen molar-refractivity contribution in [3.63, 3.8) is 0 Å². The van der Waals surface area contributed by atoms with Crippen LogP contribution in [0.1, 0.15) is 24.3 Å². The minimum absolute atomic E-state index is 0.122. The number of carbonyl (C=O) groups excluding carboxylic acids is 1. The van der Waals surface area contributed by atoms with Crippen molar-refractivity contribution in [2.24, 2.45) is 4.99 Å². The fraction of sp³-hybridized carbons (Fsp3) is 0.115. The molecule has 9 nitrogen and oxygen atoms in total. The molecular weight excluding hydrogens is 518 g/mol. The number of furan rings is 1. The highest BCUT2D eigenvalue weighted by atomic mass is 35.5. The number of fused-ring (bicyclic) bond motifs is 1. The molecule has 37 heavy (non-hydrogen) atoms. The average Bonchev–Trinajstić information content (AvgIpc) is 3.47. The van der Waals surface area contributed by atoms with Crippen LogP contribution in [0.15, 0.2) is 86.1 Å². The normalized spacial score (nSPS) is 15.3. The number of carbonyl (C=O) groups is 1. The van der Waals surface area contributed by atoms with Gasteiger partial charge in [0.15, 0.2) is 4.80 Å². The summed E-state index contributed by atoms with van der Waals surface area (Å²) in [5, 5.41) is 11.5. The van der Waals surface area contributed by atoms with Crippen LogP contribution in [0.2, 0.25) is 5.02 Å². The number of nitro benzene ring substituents is 1. The number of nitrogens with zero attached hydrogens (tertiary/aromatic N) is 3. The van der Waals surface area contributed by atoms with Crippen molar-refractivity contribution in [1.82, 2.24) is 4.57 Å². The lowest BCUT2D eigenvalue weighted by atomic mass is 9.96. The number of halogens is 1. The van der Waals surface area contributed by atoms with Crippen molar-refractivity contribution in [3.8, 4) is 11.3 Å². The van der Waals surface area contributed by atoms with E-state index in [1.165, 1.54) is 29.9 Å². The second-order valence-electron chi connectivity index (χ2n) is 8.11. The van der Waals surface area contributed by atoms with Gasteiger partial charge in [0, 0.05) is 23.8 Å². The van der Waals surface area contributed by atoms with E-state index in [9.17, 15) is 19.7 Å². The molecule has 4 aromatic rings. The van der Waals surface area contributed by atoms with Crippen molar-refractivity contribution in [3.05, 3.63) is 118 Å². The molecule has 1 aliphatic rings. The minimum atomic E-state index is -0.706. The second kappa shape index (κ2) is 9.64. The van der Waals surface area contributed by atoms with Crippen LogP contribution in [-0.2, 0) is 9.53 Å². The van der Waals surface area contributed by atoms with Crippen LogP contribution >= 0.6 is 22.9 Å². The van der Waals surface area contributed by atoms with Gasteiger partial charge in [-0.05, 0) is 30.7 Å². The van der Waals surface area contributed by atoms with Gasteiger partial charge in [0.1, 0.15) is 11.5 Å². The number of benzene rings is 2. The van der Waals surface area contributed by atoms with Crippen LogP contribution < -0.4 is 14.9 Å². The third-order valence-electron chi connectivity index (χ3n) is 5.87. The average molecular weight is 536 g/mol. The maximum absolute atomic E-state index is 13.6. The van der Waals surface area contributed by atoms with Gasteiger partial charge in [0.25, 0.3) is 11.2 Å². The molecule has 0 spiro atoms. The summed E-state index contributed by atoms with van der Waals surface area (Å²) >= 11 is 7.40.